The lowest BCUT2D eigenvalue weighted by molar-refractivity contribution is -0.148. The third kappa shape index (κ3) is 15.7. The van der Waals surface area contributed by atoms with Gasteiger partial charge < -0.3 is 14.7 Å². The summed E-state index contributed by atoms with van der Waals surface area (Å²) in [6.45, 7) is 1.23. The van der Waals surface area contributed by atoms with Gasteiger partial charge in [0.05, 0.1) is 6.61 Å². The number of phosphoric ester groups is 1. The molecule has 10 heteroatoms. The van der Waals surface area contributed by atoms with Gasteiger partial charge in [-0.1, -0.05) is 71.1 Å². The first-order chi connectivity index (χ1) is 12.8. The van der Waals surface area contributed by atoms with Crippen LogP contribution in [0.2, 0.25) is 0 Å². The van der Waals surface area contributed by atoms with E-state index in [-0.39, 0.29) is 6.42 Å². The van der Waals surface area contributed by atoms with Crippen molar-refractivity contribution in [3.8, 4) is 0 Å². The SMILES string of the molecule is CCCCCCCCCCCCCC(=O)NOP(=O)(O)OC(=O)C(O)CO. The summed E-state index contributed by atoms with van der Waals surface area (Å²) in [5.41, 5.74) is 1.75. The second-order valence-corrected chi connectivity index (χ2v) is 7.78. The van der Waals surface area contributed by atoms with Crippen molar-refractivity contribution >= 4 is 19.7 Å². The molecule has 0 saturated heterocycles. The van der Waals surface area contributed by atoms with Crippen LogP contribution in [0.3, 0.4) is 0 Å². The van der Waals surface area contributed by atoms with Crippen LogP contribution in [0.25, 0.3) is 0 Å². The quantitative estimate of drug-likeness (QED) is 0.163. The number of rotatable bonds is 17. The number of unbranched alkanes of at least 4 members (excludes halogenated alkanes) is 10. The molecule has 0 aromatic heterocycles. The highest BCUT2D eigenvalue weighted by Crippen LogP contribution is 2.42. The number of hydroxylamine groups is 1. The predicted octanol–water partition coefficient (Wildman–Crippen LogP) is 2.73. The van der Waals surface area contributed by atoms with Crippen molar-refractivity contribution in [1.82, 2.24) is 5.48 Å². The van der Waals surface area contributed by atoms with E-state index < -0.39 is 32.4 Å². The number of hydrogen-bond donors (Lipinski definition) is 4. The highest BCUT2D eigenvalue weighted by atomic mass is 31.2. The molecule has 160 valence electrons. The molecule has 2 unspecified atom stereocenters. The zero-order chi connectivity index (χ0) is 20.5. The summed E-state index contributed by atoms with van der Waals surface area (Å²) in [6.07, 6.45) is 10.7. The van der Waals surface area contributed by atoms with E-state index >= 15 is 0 Å². The minimum atomic E-state index is -4.89. The van der Waals surface area contributed by atoms with Gasteiger partial charge in [0.25, 0.3) is 0 Å². The van der Waals surface area contributed by atoms with Gasteiger partial charge >= 0.3 is 13.8 Å². The molecule has 0 radical (unpaired) electrons. The molecule has 0 aliphatic carbocycles. The normalized spacial score (nSPS) is 14.4. The fourth-order valence-corrected chi connectivity index (χ4v) is 2.98. The lowest BCUT2D eigenvalue weighted by atomic mass is 10.1. The zero-order valence-electron chi connectivity index (χ0n) is 16.1. The molecule has 0 spiro atoms. The maximum Gasteiger partial charge on any atom is 0.551 e. The summed E-state index contributed by atoms with van der Waals surface area (Å²) in [4.78, 5) is 31.8. The average molecular weight is 411 g/mol. The molecule has 9 nitrogen and oxygen atoms in total. The Kier molecular flexibility index (Phi) is 15.4. The van der Waals surface area contributed by atoms with Crippen molar-refractivity contribution in [2.24, 2.45) is 0 Å². The second-order valence-electron chi connectivity index (χ2n) is 6.48. The third-order valence-corrected chi connectivity index (χ3v) is 4.67. The molecule has 0 bridgehead atoms. The van der Waals surface area contributed by atoms with Crippen LogP contribution in [0, 0.1) is 0 Å². The summed E-state index contributed by atoms with van der Waals surface area (Å²) < 4.78 is 19.6. The number of nitrogens with one attached hydrogen (secondary N) is 1. The average Bonchev–Trinajstić information content (AvgIpc) is 2.63. The van der Waals surface area contributed by atoms with Crippen LogP contribution in [-0.4, -0.2) is 39.7 Å². The van der Waals surface area contributed by atoms with Crippen molar-refractivity contribution in [2.75, 3.05) is 6.61 Å². The van der Waals surface area contributed by atoms with E-state index in [0.717, 1.165) is 19.3 Å². The number of aliphatic hydroxyl groups is 2. The van der Waals surface area contributed by atoms with E-state index in [1.165, 1.54) is 44.9 Å². The monoisotopic (exact) mass is 411 g/mol. The van der Waals surface area contributed by atoms with Crippen LogP contribution in [0.5, 0.6) is 0 Å². The van der Waals surface area contributed by atoms with Crippen LogP contribution < -0.4 is 5.48 Å². The smallest absolute Gasteiger partial charge is 0.393 e. The van der Waals surface area contributed by atoms with Crippen molar-refractivity contribution in [1.29, 1.82) is 0 Å². The molecule has 0 aromatic rings. The lowest BCUT2D eigenvalue weighted by Crippen LogP contribution is -2.28. The zero-order valence-corrected chi connectivity index (χ0v) is 17.0. The van der Waals surface area contributed by atoms with Gasteiger partial charge in [-0.3, -0.25) is 9.69 Å². The summed E-state index contributed by atoms with van der Waals surface area (Å²) in [5.74, 6) is -2.14. The third-order valence-electron chi connectivity index (χ3n) is 3.93. The van der Waals surface area contributed by atoms with Crippen LogP contribution in [-0.2, 0) is 23.3 Å². The van der Waals surface area contributed by atoms with Crippen molar-refractivity contribution in [3.05, 3.63) is 0 Å². The Morgan fingerprint density at radius 3 is 1.93 bits per heavy atom. The summed E-state index contributed by atoms with van der Waals surface area (Å²) in [7, 11) is -4.89. The van der Waals surface area contributed by atoms with E-state index in [1.54, 1.807) is 5.48 Å². The van der Waals surface area contributed by atoms with E-state index in [9.17, 15) is 19.0 Å². The van der Waals surface area contributed by atoms with Gasteiger partial charge in [0.2, 0.25) is 5.91 Å². The first kappa shape index (κ1) is 26.0. The minimum absolute atomic E-state index is 0.115. The maximum absolute atomic E-state index is 11.5. The molecule has 4 N–H and O–H groups in total. The summed E-state index contributed by atoms with van der Waals surface area (Å²) in [6, 6.07) is 0. The standard InChI is InChI=1S/C17H34NO8P/c1-2-3-4-5-6-7-8-9-10-11-12-13-16(21)18-26-27(23,24)25-17(22)15(20)14-19/h15,19-20H,2-14H2,1H3,(H,18,21)(H,23,24). The molecule has 0 saturated carbocycles. The Balaban J connectivity index is 3.63. The number of phosphoric acid groups is 1. The van der Waals surface area contributed by atoms with E-state index in [0.29, 0.717) is 6.42 Å². The highest BCUT2D eigenvalue weighted by molar-refractivity contribution is 7.48. The Morgan fingerprint density at radius 1 is 0.963 bits per heavy atom. The van der Waals surface area contributed by atoms with E-state index in [1.807, 2.05) is 0 Å². The van der Waals surface area contributed by atoms with Crippen molar-refractivity contribution < 1.29 is 38.4 Å². The Labute approximate surface area is 161 Å². The molecule has 0 aliphatic heterocycles. The van der Waals surface area contributed by atoms with Gasteiger partial charge in [-0.2, -0.15) is 4.62 Å². The molecule has 0 rings (SSSR count). The van der Waals surface area contributed by atoms with Gasteiger partial charge in [-0.05, 0) is 6.42 Å². The number of amides is 1. The number of carbonyl (C=O) groups excluding carboxylic acids is 2. The fourth-order valence-electron chi connectivity index (χ4n) is 2.38. The number of aliphatic hydroxyl groups excluding tert-OH is 2. The predicted molar refractivity (Wildman–Crippen MR) is 99.3 cm³/mol. The highest BCUT2D eigenvalue weighted by Gasteiger charge is 2.31. The van der Waals surface area contributed by atoms with Crippen molar-refractivity contribution in [2.45, 2.75) is 90.1 Å². The first-order valence-corrected chi connectivity index (χ1v) is 11.1. The van der Waals surface area contributed by atoms with Crippen LogP contribution in [0.1, 0.15) is 84.0 Å². The van der Waals surface area contributed by atoms with Gasteiger partial charge in [-0.25, -0.2) is 14.8 Å². The topological polar surface area (TPSA) is 142 Å². The van der Waals surface area contributed by atoms with Crippen molar-refractivity contribution in [3.63, 3.8) is 0 Å². The van der Waals surface area contributed by atoms with Crippen LogP contribution in [0.4, 0.5) is 0 Å². The molecular formula is C17H34NO8P. The van der Waals surface area contributed by atoms with Gasteiger partial charge in [-0.15, -0.1) is 0 Å². The molecule has 0 fully saturated rings. The minimum Gasteiger partial charge on any atom is -0.393 e. The van der Waals surface area contributed by atoms with Gasteiger partial charge in [0.15, 0.2) is 6.10 Å². The molecule has 27 heavy (non-hydrogen) atoms. The first-order valence-electron chi connectivity index (χ1n) is 9.65. The Hall–Kier alpha value is -0.990. The van der Waals surface area contributed by atoms with E-state index in [2.05, 4.69) is 16.1 Å². The largest absolute Gasteiger partial charge is 0.551 e. The van der Waals surface area contributed by atoms with Crippen LogP contribution in [0.15, 0.2) is 0 Å². The Morgan fingerprint density at radius 2 is 1.44 bits per heavy atom. The number of carbonyl (C=O) groups is 2. The van der Waals surface area contributed by atoms with E-state index in [4.69, 9.17) is 10.2 Å². The summed E-state index contributed by atoms with van der Waals surface area (Å²) >= 11 is 0. The Bertz CT molecular complexity index is 460. The second kappa shape index (κ2) is 16.0. The summed E-state index contributed by atoms with van der Waals surface area (Å²) in [5, 5.41) is 17.5. The molecule has 2 atom stereocenters. The molecule has 0 aliphatic rings. The van der Waals surface area contributed by atoms with Crippen LogP contribution >= 0.6 is 7.82 Å². The molecular weight excluding hydrogens is 377 g/mol. The molecule has 0 heterocycles. The maximum atomic E-state index is 11.5. The molecule has 0 aromatic carbocycles. The fraction of sp³-hybridized carbons (Fsp3) is 0.882. The molecule has 1 amide bonds. The van der Waals surface area contributed by atoms with Gasteiger partial charge in [0, 0.05) is 6.42 Å². The number of hydrogen-bond acceptors (Lipinski definition) is 7. The van der Waals surface area contributed by atoms with Gasteiger partial charge in [0.1, 0.15) is 0 Å². The lowest BCUT2D eigenvalue weighted by Gasteiger charge is -2.13.